The zero-order valence-corrected chi connectivity index (χ0v) is 24.1. The Morgan fingerprint density at radius 2 is 1.98 bits per heavy atom. The van der Waals surface area contributed by atoms with Crippen LogP contribution in [0, 0.1) is 17.6 Å². The maximum atomic E-state index is 14.8. The maximum absolute atomic E-state index is 14.8. The van der Waals surface area contributed by atoms with E-state index in [-0.39, 0.29) is 53.4 Å². The van der Waals surface area contributed by atoms with E-state index in [1.165, 1.54) is 12.1 Å². The minimum Gasteiger partial charge on any atom is -0.503 e. The molecular weight excluding hydrogens is 576 g/mol. The number of fused-ring (bicyclic) bond motifs is 2. The summed E-state index contributed by atoms with van der Waals surface area (Å²) in [7, 11) is 0. The molecule has 5 heterocycles. The number of hydrogen-bond acceptors (Lipinski definition) is 9. The van der Waals surface area contributed by atoms with E-state index in [0.29, 0.717) is 55.5 Å². The fraction of sp³-hybridized carbons (Fsp3) is 0.414. The number of aromatic nitrogens is 6. The van der Waals surface area contributed by atoms with Crippen LogP contribution >= 0.6 is 0 Å². The van der Waals surface area contributed by atoms with E-state index in [0.717, 1.165) is 12.4 Å². The smallest absolute Gasteiger partial charge is 0.274 e. The van der Waals surface area contributed by atoms with E-state index >= 15 is 0 Å². The van der Waals surface area contributed by atoms with Crippen molar-refractivity contribution in [1.29, 1.82) is 0 Å². The standard InChI is InChI=1S/C29H31F2N9O4/c1-14(2)39-6-7-40-18(10-21(41)24(42)23(40)29(39)44)12-34-28(43)15-4-3-5-17(8-15)35-26-20(31)13-33-27(36-26)22-19-9-16(30)11-32-25(19)38-37-22/h9-11,13-15,17,42H,3-8,12H2,1-2H3,(H,34,43)(H,32,37,38)(H,33,35,36). The van der Waals surface area contributed by atoms with Crippen molar-refractivity contribution in [2.45, 2.75) is 64.7 Å². The molecule has 1 saturated carbocycles. The maximum Gasteiger partial charge on any atom is 0.274 e. The molecule has 0 spiro atoms. The van der Waals surface area contributed by atoms with Gasteiger partial charge in [-0.25, -0.2) is 23.7 Å². The number of nitrogens with zero attached hydrogens (tertiary/aromatic N) is 6. The molecule has 6 rings (SSSR count). The lowest BCUT2D eigenvalue weighted by molar-refractivity contribution is -0.126. The summed E-state index contributed by atoms with van der Waals surface area (Å²) in [5.74, 6) is -2.84. The molecule has 4 aromatic heterocycles. The van der Waals surface area contributed by atoms with E-state index in [9.17, 15) is 28.3 Å². The summed E-state index contributed by atoms with van der Waals surface area (Å²) in [5.41, 5.74) is 0.240. The van der Waals surface area contributed by atoms with Crippen LogP contribution in [0.3, 0.4) is 0 Å². The molecule has 15 heteroatoms. The van der Waals surface area contributed by atoms with Crippen LogP contribution in [-0.2, 0) is 17.9 Å². The first-order chi connectivity index (χ1) is 21.1. The van der Waals surface area contributed by atoms with Crippen LogP contribution in [0.5, 0.6) is 5.75 Å². The fourth-order valence-electron chi connectivity index (χ4n) is 5.95. The zero-order chi connectivity index (χ0) is 31.1. The number of hydrogen-bond donors (Lipinski definition) is 4. The van der Waals surface area contributed by atoms with Crippen molar-refractivity contribution < 1.29 is 23.5 Å². The number of H-pyrrole nitrogens is 1. The predicted molar refractivity (Wildman–Crippen MR) is 155 cm³/mol. The number of halogens is 2. The van der Waals surface area contributed by atoms with Crippen molar-refractivity contribution in [1.82, 2.24) is 39.9 Å². The second kappa shape index (κ2) is 11.6. The minimum atomic E-state index is -0.683. The Morgan fingerprint density at radius 1 is 1.16 bits per heavy atom. The first-order valence-corrected chi connectivity index (χ1v) is 14.4. The highest BCUT2D eigenvalue weighted by atomic mass is 19.1. The SMILES string of the molecule is CC(C)N1CCn2c(CNC(=O)C3CCCC(Nc4nc(-c5[nH]nc6ncc(F)cc56)ncc4F)C3)cc(=O)c(O)c2C1=O. The minimum absolute atomic E-state index is 0.00238. The molecule has 1 aliphatic heterocycles. The van der Waals surface area contributed by atoms with Gasteiger partial charge >= 0.3 is 0 Å². The highest BCUT2D eigenvalue weighted by Crippen LogP contribution is 2.29. The number of aromatic hydroxyl groups is 1. The second-order valence-corrected chi connectivity index (χ2v) is 11.4. The Labute approximate surface area is 249 Å². The summed E-state index contributed by atoms with van der Waals surface area (Å²) in [5, 5.41) is 23.5. The predicted octanol–water partition coefficient (Wildman–Crippen LogP) is 2.71. The molecule has 2 atom stereocenters. The van der Waals surface area contributed by atoms with E-state index in [1.807, 2.05) is 13.8 Å². The molecule has 1 aliphatic carbocycles. The summed E-state index contributed by atoms with van der Waals surface area (Å²) in [6, 6.07) is 2.12. The van der Waals surface area contributed by atoms with Crippen LogP contribution < -0.4 is 16.1 Å². The molecule has 0 bridgehead atoms. The van der Waals surface area contributed by atoms with Crippen molar-refractivity contribution in [3.63, 3.8) is 0 Å². The van der Waals surface area contributed by atoms with Gasteiger partial charge in [-0.05, 0) is 39.2 Å². The van der Waals surface area contributed by atoms with E-state index in [4.69, 9.17) is 0 Å². The van der Waals surface area contributed by atoms with Gasteiger partial charge in [0.25, 0.3) is 5.91 Å². The number of aromatic amines is 1. The topological polar surface area (TPSA) is 171 Å². The Hall–Kier alpha value is -4.95. The van der Waals surface area contributed by atoms with Crippen LogP contribution in [0.25, 0.3) is 22.6 Å². The van der Waals surface area contributed by atoms with Gasteiger partial charge in [0.1, 0.15) is 11.5 Å². The van der Waals surface area contributed by atoms with Gasteiger partial charge in [-0.1, -0.05) is 6.42 Å². The molecule has 2 amide bonds. The van der Waals surface area contributed by atoms with Crippen molar-refractivity contribution >= 4 is 28.7 Å². The lowest BCUT2D eigenvalue weighted by atomic mass is 9.85. The molecule has 2 unspecified atom stereocenters. The molecule has 1 fully saturated rings. The van der Waals surface area contributed by atoms with E-state index < -0.39 is 28.7 Å². The number of anilines is 1. The third kappa shape index (κ3) is 5.44. The number of carbonyl (C=O) groups excluding carboxylic acids is 2. The van der Waals surface area contributed by atoms with Gasteiger partial charge in [0, 0.05) is 42.9 Å². The van der Waals surface area contributed by atoms with Gasteiger partial charge in [-0.15, -0.1) is 0 Å². The van der Waals surface area contributed by atoms with Gasteiger partial charge in [0.15, 0.2) is 34.6 Å². The summed E-state index contributed by atoms with van der Waals surface area (Å²) >= 11 is 0. The molecular formula is C29H31F2N9O4. The van der Waals surface area contributed by atoms with Crippen molar-refractivity contribution in [3.8, 4) is 17.3 Å². The van der Waals surface area contributed by atoms with Gasteiger partial charge in [0.05, 0.1) is 24.3 Å². The fourth-order valence-corrected chi connectivity index (χ4v) is 5.95. The normalized spacial score (nSPS) is 18.5. The van der Waals surface area contributed by atoms with E-state index in [2.05, 4.69) is 35.8 Å². The summed E-state index contributed by atoms with van der Waals surface area (Å²) in [6.45, 7) is 4.51. The first kappa shape index (κ1) is 29.1. The summed E-state index contributed by atoms with van der Waals surface area (Å²) in [6.07, 6.45) is 4.47. The lowest BCUT2D eigenvalue weighted by Crippen LogP contribution is -2.46. The monoisotopic (exact) mass is 607 g/mol. The van der Waals surface area contributed by atoms with Crippen molar-refractivity contribution in [2.75, 3.05) is 11.9 Å². The lowest BCUT2D eigenvalue weighted by Gasteiger charge is -2.34. The number of carbonyl (C=O) groups is 2. The third-order valence-electron chi connectivity index (χ3n) is 8.20. The number of pyridine rings is 2. The number of rotatable bonds is 7. The number of nitrogens with one attached hydrogen (secondary N) is 3. The molecule has 0 aromatic carbocycles. The molecule has 13 nitrogen and oxygen atoms in total. The Bertz CT molecular complexity index is 1820. The first-order valence-electron chi connectivity index (χ1n) is 14.4. The van der Waals surface area contributed by atoms with Crippen molar-refractivity contribution in [3.05, 3.63) is 57.8 Å². The van der Waals surface area contributed by atoms with E-state index in [1.54, 1.807) is 9.47 Å². The molecule has 44 heavy (non-hydrogen) atoms. The second-order valence-electron chi connectivity index (χ2n) is 11.4. The average Bonchev–Trinajstić information content (AvgIpc) is 3.42. The number of amides is 2. The van der Waals surface area contributed by atoms with Crippen LogP contribution in [0.1, 0.15) is 55.7 Å². The Morgan fingerprint density at radius 3 is 2.77 bits per heavy atom. The molecule has 2 aliphatic rings. The highest BCUT2D eigenvalue weighted by Gasteiger charge is 2.32. The average molecular weight is 608 g/mol. The van der Waals surface area contributed by atoms with Crippen LogP contribution in [0.15, 0.2) is 29.3 Å². The molecule has 230 valence electrons. The molecule has 4 aromatic rings. The summed E-state index contributed by atoms with van der Waals surface area (Å²) in [4.78, 5) is 52.5. The van der Waals surface area contributed by atoms with Gasteiger partial charge in [0.2, 0.25) is 11.3 Å². The van der Waals surface area contributed by atoms with Crippen LogP contribution in [0.2, 0.25) is 0 Å². The third-order valence-corrected chi connectivity index (χ3v) is 8.20. The Balaban J connectivity index is 1.14. The van der Waals surface area contributed by atoms with Gasteiger partial charge in [-0.2, -0.15) is 5.10 Å². The van der Waals surface area contributed by atoms with Crippen LogP contribution in [0.4, 0.5) is 14.6 Å². The zero-order valence-electron chi connectivity index (χ0n) is 24.1. The van der Waals surface area contributed by atoms with Crippen molar-refractivity contribution in [2.24, 2.45) is 5.92 Å². The van der Waals surface area contributed by atoms with Gasteiger partial charge < -0.3 is 25.2 Å². The molecule has 4 N–H and O–H groups in total. The van der Waals surface area contributed by atoms with Crippen LogP contribution in [-0.4, -0.2) is 70.2 Å². The summed E-state index contributed by atoms with van der Waals surface area (Å²) < 4.78 is 30.1. The Kier molecular flexibility index (Phi) is 7.69. The quantitative estimate of drug-likeness (QED) is 0.247. The largest absolute Gasteiger partial charge is 0.503 e. The van der Waals surface area contributed by atoms with Gasteiger partial charge in [-0.3, -0.25) is 19.5 Å². The molecule has 0 radical (unpaired) electrons. The highest BCUT2D eigenvalue weighted by molar-refractivity contribution is 5.96. The molecule has 0 saturated heterocycles.